The molecule has 1 heterocycles. The standard InChI is InChI=1S/C27H54NO5P/c1-3-4-5-6-7-8-9-10-11-12-13-14-15-16-19-27(24-26(2)29)25-33-34(30,31)32-23-22-28-20-17-18-21-28/h27H,3-25H2,1-2H3,(H,30,31)/p+1. The maximum atomic E-state index is 12.2. The quantitative estimate of drug-likeness (QED) is 0.120. The molecule has 2 unspecified atom stereocenters. The number of phosphoric acid groups is 1. The average Bonchev–Trinajstić information content (AvgIpc) is 3.30. The Labute approximate surface area is 210 Å². The maximum absolute atomic E-state index is 12.2. The monoisotopic (exact) mass is 504 g/mol. The number of carbonyl (C=O) groups excluding carboxylic acids is 1. The molecular formula is C27H55NO5P+. The van der Waals surface area contributed by atoms with E-state index in [1.807, 2.05) is 0 Å². The summed E-state index contributed by atoms with van der Waals surface area (Å²) in [5.41, 5.74) is 0. The molecule has 2 N–H and O–H groups in total. The van der Waals surface area contributed by atoms with Crippen LogP contribution in [0.2, 0.25) is 0 Å². The summed E-state index contributed by atoms with van der Waals surface area (Å²) < 4.78 is 22.6. The SMILES string of the molecule is CCCCCCCCCCCCCCCCC(COP(=O)(O)OCC[NH+]1CCCC1)CC(C)=O. The number of nitrogens with one attached hydrogen (secondary N) is 1. The van der Waals surface area contributed by atoms with Gasteiger partial charge in [-0.15, -0.1) is 0 Å². The molecule has 0 spiro atoms. The fraction of sp³-hybridized carbons (Fsp3) is 0.963. The molecule has 0 aromatic heterocycles. The molecule has 34 heavy (non-hydrogen) atoms. The Morgan fingerprint density at radius 2 is 1.35 bits per heavy atom. The zero-order valence-corrected chi connectivity index (χ0v) is 23.3. The van der Waals surface area contributed by atoms with Crippen LogP contribution >= 0.6 is 7.82 Å². The molecule has 202 valence electrons. The Hall–Kier alpha value is -0.260. The first kappa shape index (κ1) is 31.8. The Balaban J connectivity index is 2.04. The van der Waals surface area contributed by atoms with Crippen LogP contribution in [-0.4, -0.2) is 43.5 Å². The summed E-state index contributed by atoms with van der Waals surface area (Å²) in [6, 6.07) is 0. The van der Waals surface area contributed by atoms with Gasteiger partial charge in [0.25, 0.3) is 0 Å². The molecule has 0 amide bonds. The van der Waals surface area contributed by atoms with Crippen LogP contribution in [0.3, 0.4) is 0 Å². The highest BCUT2D eigenvalue weighted by molar-refractivity contribution is 7.47. The number of ketones is 1. The number of hydrogen-bond acceptors (Lipinski definition) is 4. The fourth-order valence-electron chi connectivity index (χ4n) is 4.95. The molecule has 7 heteroatoms. The van der Waals surface area contributed by atoms with E-state index in [1.54, 1.807) is 6.92 Å². The number of unbranched alkanes of at least 4 members (excludes halogenated alkanes) is 13. The first-order valence-electron chi connectivity index (χ1n) is 14.4. The van der Waals surface area contributed by atoms with Crippen molar-refractivity contribution in [2.75, 3.05) is 32.8 Å². The van der Waals surface area contributed by atoms with Crippen molar-refractivity contribution in [3.63, 3.8) is 0 Å². The predicted molar refractivity (Wildman–Crippen MR) is 140 cm³/mol. The molecule has 0 aromatic carbocycles. The smallest absolute Gasteiger partial charge is 0.333 e. The van der Waals surface area contributed by atoms with E-state index in [4.69, 9.17) is 9.05 Å². The van der Waals surface area contributed by atoms with Crippen molar-refractivity contribution < 1.29 is 28.2 Å². The van der Waals surface area contributed by atoms with Gasteiger partial charge in [-0.2, -0.15) is 0 Å². The topological polar surface area (TPSA) is 77.3 Å². The van der Waals surface area contributed by atoms with Gasteiger partial charge in [-0.1, -0.05) is 96.8 Å². The lowest BCUT2D eigenvalue weighted by Crippen LogP contribution is -3.10. The molecule has 0 aromatic rings. The Morgan fingerprint density at radius 3 is 1.85 bits per heavy atom. The molecule has 0 bridgehead atoms. The molecule has 0 aliphatic carbocycles. The van der Waals surface area contributed by atoms with E-state index in [9.17, 15) is 14.3 Å². The minimum Gasteiger partial charge on any atom is -0.333 e. The van der Waals surface area contributed by atoms with Gasteiger partial charge in [0, 0.05) is 19.3 Å². The van der Waals surface area contributed by atoms with Crippen LogP contribution in [0.15, 0.2) is 0 Å². The van der Waals surface area contributed by atoms with Gasteiger partial charge >= 0.3 is 7.82 Å². The van der Waals surface area contributed by atoms with Gasteiger partial charge in [0.15, 0.2) is 0 Å². The number of rotatable bonds is 24. The summed E-state index contributed by atoms with van der Waals surface area (Å²) >= 11 is 0. The van der Waals surface area contributed by atoms with Gasteiger partial charge in [-0.25, -0.2) is 4.57 Å². The lowest BCUT2D eigenvalue weighted by atomic mass is 9.96. The Bertz CT molecular complexity index is 539. The van der Waals surface area contributed by atoms with Crippen LogP contribution < -0.4 is 4.90 Å². The fourth-order valence-corrected chi connectivity index (χ4v) is 5.74. The van der Waals surface area contributed by atoms with Crippen LogP contribution in [0.4, 0.5) is 0 Å². The van der Waals surface area contributed by atoms with E-state index in [0.29, 0.717) is 6.42 Å². The van der Waals surface area contributed by atoms with Gasteiger partial charge in [0.1, 0.15) is 18.9 Å². The summed E-state index contributed by atoms with van der Waals surface area (Å²) in [4.78, 5) is 23.0. The molecule has 1 aliphatic rings. The summed E-state index contributed by atoms with van der Waals surface area (Å²) in [7, 11) is -4.04. The van der Waals surface area contributed by atoms with Crippen LogP contribution in [0, 0.1) is 5.92 Å². The first-order valence-corrected chi connectivity index (χ1v) is 15.9. The highest BCUT2D eigenvalue weighted by Crippen LogP contribution is 2.43. The minimum atomic E-state index is -4.04. The first-order chi connectivity index (χ1) is 16.4. The largest absolute Gasteiger partial charge is 0.472 e. The molecule has 1 aliphatic heterocycles. The molecule has 0 radical (unpaired) electrons. The number of hydrogen-bond donors (Lipinski definition) is 2. The maximum Gasteiger partial charge on any atom is 0.472 e. The number of phosphoric ester groups is 1. The van der Waals surface area contributed by atoms with E-state index in [0.717, 1.165) is 38.9 Å². The number of quaternary nitrogens is 1. The zero-order valence-electron chi connectivity index (χ0n) is 22.4. The molecule has 6 nitrogen and oxygen atoms in total. The number of likely N-dealkylation sites (tertiary alicyclic amines) is 1. The van der Waals surface area contributed by atoms with E-state index < -0.39 is 7.82 Å². The highest BCUT2D eigenvalue weighted by atomic mass is 31.2. The summed E-state index contributed by atoms with van der Waals surface area (Å²) in [5, 5.41) is 0. The van der Waals surface area contributed by atoms with Crippen molar-refractivity contribution in [1.82, 2.24) is 0 Å². The van der Waals surface area contributed by atoms with Crippen molar-refractivity contribution in [2.45, 2.75) is 129 Å². The average molecular weight is 505 g/mol. The van der Waals surface area contributed by atoms with Gasteiger partial charge in [-0.05, 0) is 19.3 Å². The highest BCUT2D eigenvalue weighted by Gasteiger charge is 2.25. The van der Waals surface area contributed by atoms with Crippen molar-refractivity contribution in [3.8, 4) is 0 Å². The minimum absolute atomic E-state index is 0.0110. The third-order valence-corrected chi connectivity index (χ3v) is 8.02. The van der Waals surface area contributed by atoms with Crippen molar-refractivity contribution in [2.24, 2.45) is 5.92 Å². The zero-order chi connectivity index (χ0) is 24.9. The lowest BCUT2D eigenvalue weighted by Gasteiger charge is -2.19. The van der Waals surface area contributed by atoms with Crippen molar-refractivity contribution in [1.29, 1.82) is 0 Å². The predicted octanol–water partition coefficient (Wildman–Crippen LogP) is 6.27. The van der Waals surface area contributed by atoms with Gasteiger partial charge in [0.05, 0.1) is 19.7 Å². The van der Waals surface area contributed by atoms with Crippen molar-refractivity contribution in [3.05, 3.63) is 0 Å². The summed E-state index contributed by atoms with van der Waals surface area (Å²) in [6.45, 7) is 7.15. The third kappa shape index (κ3) is 19.0. The van der Waals surface area contributed by atoms with Gasteiger partial charge in [-0.3, -0.25) is 9.05 Å². The van der Waals surface area contributed by atoms with Crippen LogP contribution in [-0.2, 0) is 18.4 Å². The normalized spacial score (nSPS) is 17.1. The summed E-state index contributed by atoms with van der Waals surface area (Å²) in [5.74, 6) is 0.0911. The molecule has 1 rings (SSSR count). The Kier molecular flexibility index (Phi) is 19.5. The van der Waals surface area contributed by atoms with E-state index in [-0.39, 0.29) is 24.9 Å². The second kappa shape index (κ2) is 20.9. The molecular weight excluding hydrogens is 449 g/mol. The van der Waals surface area contributed by atoms with Crippen LogP contribution in [0.5, 0.6) is 0 Å². The molecule has 1 fully saturated rings. The van der Waals surface area contributed by atoms with Crippen LogP contribution in [0.25, 0.3) is 0 Å². The Morgan fingerprint density at radius 1 is 0.853 bits per heavy atom. The van der Waals surface area contributed by atoms with E-state index in [1.165, 1.54) is 94.8 Å². The van der Waals surface area contributed by atoms with E-state index >= 15 is 0 Å². The second-order valence-corrected chi connectivity index (χ2v) is 11.9. The van der Waals surface area contributed by atoms with Crippen molar-refractivity contribution >= 4 is 13.6 Å². The second-order valence-electron chi connectivity index (χ2n) is 10.5. The lowest BCUT2D eigenvalue weighted by molar-refractivity contribution is -0.887. The third-order valence-electron chi connectivity index (χ3n) is 7.04. The van der Waals surface area contributed by atoms with Gasteiger partial charge in [0.2, 0.25) is 0 Å². The number of Topliss-reactive ketones (excluding diaryl/α,β-unsaturated/α-hetero) is 1. The number of carbonyl (C=O) groups is 1. The molecule has 2 atom stereocenters. The van der Waals surface area contributed by atoms with E-state index in [2.05, 4.69) is 6.92 Å². The summed E-state index contributed by atoms with van der Waals surface area (Å²) in [6.07, 6.45) is 22.1. The molecule has 0 saturated carbocycles. The van der Waals surface area contributed by atoms with Crippen LogP contribution in [0.1, 0.15) is 129 Å². The van der Waals surface area contributed by atoms with Gasteiger partial charge < -0.3 is 14.6 Å². The molecule has 1 saturated heterocycles.